The van der Waals surface area contributed by atoms with Crippen LogP contribution in [0.25, 0.3) is 0 Å². The second-order valence-electron chi connectivity index (χ2n) is 10.6. The Morgan fingerprint density at radius 3 is 0.955 bits per heavy atom. The Labute approximate surface area is 259 Å². The van der Waals surface area contributed by atoms with Crippen LogP contribution in [0.1, 0.15) is 44.5 Å². The van der Waals surface area contributed by atoms with Crippen molar-refractivity contribution >= 4 is 0 Å². The van der Waals surface area contributed by atoms with Crippen LogP contribution in [-0.4, -0.2) is 56.9 Å². The molecule has 1 aliphatic carbocycles. The predicted octanol–water partition coefficient (Wildman–Crippen LogP) is 6.43. The Morgan fingerprint density at radius 1 is 0.318 bits per heavy atom. The number of hydrogen-bond acceptors (Lipinski definition) is 8. The van der Waals surface area contributed by atoms with Crippen LogP contribution < -0.4 is 37.9 Å². The summed E-state index contributed by atoms with van der Waals surface area (Å²) < 4.78 is 47.1. The standard InChI is InChI=1S/C36H40O8/c1-37-29-10-9-21-11-22-12-23(31(39-3)18-30(22)38-2)13-24-14-25(33(41-5)19-32(24)40-4)15-26-16-27(17-28(29)36(21)44-8)35(43-7)20-34(26)42-6/h9-10,12,14,16,18-20H,11,13,15,17H2,1-8H3. The van der Waals surface area contributed by atoms with Gasteiger partial charge in [0.2, 0.25) is 0 Å². The van der Waals surface area contributed by atoms with Gasteiger partial charge in [-0.3, -0.25) is 0 Å². The molecule has 4 aromatic carbocycles. The van der Waals surface area contributed by atoms with Gasteiger partial charge >= 0.3 is 0 Å². The van der Waals surface area contributed by atoms with Gasteiger partial charge in [0.15, 0.2) is 0 Å². The maximum Gasteiger partial charge on any atom is 0.129 e. The minimum absolute atomic E-state index is 0.510. The molecule has 1 aliphatic rings. The first-order chi connectivity index (χ1) is 21.4. The van der Waals surface area contributed by atoms with E-state index in [9.17, 15) is 0 Å². The summed E-state index contributed by atoms with van der Waals surface area (Å²) >= 11 is 0. The summed E-state index contributed by atoms with van der Waals surface area (Å²) in [6, 6.07) is 16.3. The van der Waals surface area contributed by atoms with Crippen molar-refractivity contribution in [3.8, 4) is 46.0 Å². The molecule has 8 heteroatoms. The van der Waals surface area contributed by atoms with Gasteiger partial charge in [-0.1, -0.05) is 6.07 Å². The van der Waals surface area contributed by atoms with Crippen LogP contribution in [0.2, 0.25) is 0 Å². The fourth-order valence-electron chi connectivity index (χ4n) is 6.16. The summed E-state index contributed by atoms with van der Waals surface area (Å²) in [5.74, 6) is 5.84. The van der Waals surface area contributed by atoms with Crippen molar-refractivity contribution < 1.29 is 37.9 Å². The first-order valence-corrected chi connectivity index (χ1v) is 14.4. The Hall–Kier alpha value is -4.72. The van der Waals surface area contributed by atoms with Gasteiger partial charge in [0.05, 0.1) is 56.9 Å². The van der Waals surface area contributed by atoms with Crippen molar-refractivity contribution in [2.45, 2.75) is 25.7 Å². The number of fused-ring (bicyclic) bond motifs is 8. The summed E-state index contributed by atoms with van der Waals surface area (Å²) in [4.78, 5) is 0. The van der Waals surface area contributed by atoms with Crippen molar-refractivity contribution in [1.82, 2.24) is 0 Å². The normalized spacial score (nSPS) is 12.2. The zero-order valence-corrected chi connectivity index (χ0v) is 26.7. The van der Waals surface area contributed by atoms with Gasteiger partial charge in [0, 0.05) is 49.4 Å². The number of rotatable bonds is 8. The molecule has 0 aliphatic heterocycles. The number of ether oxygens (including phenoxy) is 8. The van der Waals surface area contributed by atoms with E-state index in [1.807, 2.05) is 30.3 Å². The molecule has 0 radical (unpaired) electrons. The van der Waals surface area contributed by atoms with Crippen molar-refractivity contribution in [1.29, 1.82) is 0 Å². The first-order valence-electron chi connectivity index (χ1n) is 14.4. The Kier molecular flexibility index (Phi) is 9.28. The fraction of sp³-hybridized carbons (Fsp3) is 0.333. The molecule has 0 spiro atoms. The second kappa shape index (κ2) is 13.3. The predicted molar refractivity (Wildman–Crippen MR) is 169 cm³/mol. The van der Waals surface area contributed by atoms with E-state index < -0.39 is 0 Å². The van der Waals surface area contributed by atoms with Gasteiger partial charge in [-0.05, 0) is 63.2 Å². The Balaban J connectivity index is 1.83. The third-order valence-corrected chi connectivity index (χ3v) is 8.28. The van der Waals surface area contributed by atoms with E-state index in [1.54, 1.807) is 56.9 Å². The van der Waals surface area contributed by atoms with Crippen molar-refractivity contribution in [3.05, 3.63) is 93.0 Å². The molecule has 0 aromatic heterocycles. The van der Waals surface area contributed by atoms with Gasteiger partial charge in [-0.15, -0.1) is 0 Å². The molecule has 4 aromatic rings. The molecule has 0 unspecified atom stereocenters. The molecule has 232 valence electrons. The molecule has 0 amide bonds. The molecule has 0 saturated heterocycles. The molecule has 44 heavy (non-hydrogen) atoms. The summed E-state index contributed by atoms with van der Waals surface area (Å²) in [6.07, 6.45) is 2.20. The third-order valence-electron chi connectivity index (χ3n) is 8.28. The lowest BCUT2D eigenvalue weighted by Gasteiger charge is -2.22. The molecule has 0 atom stereocenters. The van der Waals surface area contributed by atoms with Crippen LogP contribution in [0.4, 0.5) is 0 Å². The zero-order valence-electron chi connectivity index (χ0n) is 26.7. The highest BCUT2D eigenvalue weighted by Crippen LogP contribution is 2.42. The first kappa shape index (κ1) is 30.7. The van der Waals surface area contributed by atoms with E-state index >= 15 is 0 Å². The van der Waals surface area contributed by atoms with Crippen molar-refractivity contribution in [2.24, 2.45) is 0 Å². The third kappa shape index (κ3) is 5.76. The summed E-state index contributed by atoms with van der Waals surface area (Å²) in [6.45, 7) is 0. The molecular formula is C36H40O8. The van der Waals surface area contributed by atoms with Gasteiger partial charge < -0.3 is 37.9 Å². The van der Waals surface area contributed by atoms with E-state index in [2.05, 4.69) is 18.2 Å². The highest BCUT2D eigenvalue weighted by molar-refractivity contribution is 5.60. The quantitative estimate of drug-likeness (QED) is 0.202. The van der Waals surface area contributed by atoms with Gasteiger partial charge in [-0.2, -0.15) is 0 Å². The van der Waals surface area contributed by atoms with Gasteiger partial charge in [0.1, 0.15) is 46.0 Å². The molecule has 0 N–H and O–H groups in total. The molecule has 8 bridgehead atoms. The second-order valence-corrected chi connectivity index (χ2v) is 10.6. The average molecular weight is 601 g/mol. The highest BCUT2D eigenvalue weighted by Gasteiger charge is 2.23. The van der Waals surface area contributed by atoms with E-state index in [0.717, 1.165) is 84.8 Å². The van der Waals surface area contributed by atoms with Crippen LogP contribution in [-0.2, 0) is 25.7 Å². The average Bonchev–Trinajstić information content (AvgIpc) is 3.05. The van der Waals surface area contributed by atoms with Crippen molar-refractivity contribution in [3.63, 3.8) is 0 Å². The van der Waals surface area contributed by atoms with Crippen molar-refractivity contribution in [2.75, 3.05) is 56.9 Å². The van der Waals surface area contributed by atoms with Crippen LogP contribution in [0.3, 0.4) is 0 Å². The molecular weight excluding hydrogens is 560 g/mol. The van der Waals surface area contributed by atoms with E-state index in [-0.39, 0.29) is 0 Å². The number of hydrogen-bond donors (Lipinski definition) is 0. The van der Waals surface area contributed by atoms with Gasteiger partial charge in [0.25, 0.3) is 0 Å². The lowest BCUT2D eigenvalue weighted by atomic mass is 9.91. The van der Waals surface area contributed by atoms with Crippen LogP contribution in [0.5, 0.6) is 46.0 Å². The SMILES string of the molecule is COc1cc(OC)c2cc1Cc1cc(c(OC)cc1OC)Cc1ccc(OC)c(c1OC)Cc1cc(c(OC)cc1OC)C2. The van der Waals surface area contributed by atoms with Crippen LogP contribution in [0, 0.1) is 0 Å². The molecule has 0 heterocycles. The summed E-state index contributed by atoms with van der Waals surface area (Å²) in [5.41, 5.74) is 7.89. The largest absolute Gasteiger partial charge is 0.496 e. The van der Waals surface area contributed by atoms with E-state index in [1.165, 1.54) is 0 Å². The number of methoxy groups -OCH3 is 8. The fourth-order valence-corrected chi connectivity index (χ4v) is 6.16. The monoisotopic (exact) mass is 600 g/mol. The number of benzene rings is 4. The Bertz CT molecular complexity index is 1590. The zero-order chi connectivity index (χ0) is 31.4. The highest BCUT2D eigenvalue weighted by atomic mass is 16.5. The van der Waals surface area contributed by atoms with E-state index in [0.29, 0.717) is 31.4 Å². The minimum Gasteiger partial charge on any atom is -0.496 e. The molecule has 5 rings (SSSR count). The summed E-state index contributed by atoms with van der Waals surface area (Å²) in [7, 11) is 13.4. The smallest absolute Gasteiger partial charge is 0.129 e. The van der Waals surface area contributed by atoms with Gasteiger partial charge in [-0.25, -0.2) is 0 Å². The molecule has 0 fully saturated rings. The maximum atomic E-state index is 6.10. The van der Waals surface area contributed by atoms with E-state index in [4.69, 9.17) is 37.9 Å². The maximum absolute atomic E-state index is 6.10. The molecule has 0 saturated carbocycles. The molecule has 8 nitrogen and oxygen atoms in total. The summed E-state index contributed by atoms with van der Waals surface area (Å²) in [5, 5.41) is 0. The van der Waals surface area contributed by atoms with Crippen LogP contribution in [0.15, 0.2) is 48.5 Å². The lowest BCUT2D eigenvalue weighted by Crippen LogP contribution is -2.07. The lowest BCUT2D eigenvalue weighted by molar-refractivity contribution is 0.379. The topological polar surface area (TPSA) is 73.8 Å². The Morgan fingerprint density at radius 2 is 0.636 bits per heavy atom. The minimum atomic E-state index is 0.510. The van der Waals surface area contributed by atoms with Crippen LogP contribution >= 0.6 is 0 Å².